The maximum Gasteiger partial charge on any atom is 2.00 e. The quantitative estimate of drug-likeness (QED) is 0.298. The molecule has 0 aliphatic rings. The molecule has 0 aromatic rings. The molecule has 0 saturated heterocycles. The Morgan fingerprint density at radius 3 is 1.12 bits per heavy atom. The number of rotatable bonds is 0. The van der Waals surface area contributed by atoms with Crippen molar-refractivity contribution in [3.63, 3.8) is 0 Å². The van der Waals surface area contributed by atoms with Crippen molar-refractivity contribution < 1.29 is 71.7 Å². The summed E-state index contributed by atoms with van der Waals surface area (Å²) in [6, 6.07) is 0. The summed E-state index contributed by atoms with van der Waals surface area (Å²) in [6.45, 7) is 0. The normalized spacial score (nSPS) is 7.38. The zero-order valence-electron chi connectivity index (χ0n) is 3.77. The van der Waals surface area contributed by atoms with Crippen molar-refractivity contribution in [2.75, 3.05) is 0 Å². The Morgan fingerprint density at radius 1 is 1.12 bits per heavy atom. The van der Waals surface area contributed by atoms with E-state index in [1.165, 1.54) is 0 Å². The van der Waals surface area contributed by atoms with Crippen LogP contribution in [-0.2, 0) is 38.1 Å². The Labute approximate surface area is 79.2 Å². The van der Waals surface area contributed by atoms with Gasteiger partial charge in [-0.1, -0.05) is 0 Å². The van der Waals surface area contributed by atoms with Crippen molar-refractivity contribution in [1.82, 2.24) is 0 Å². The maximum atomic E-state index is 8.55. The van der Waals surface area contributed by atoms with Crippen LogP contribution in [0.15, 0.2) is 0 Å². The molecule has 0 fully saturated rings. The molecule has 0 atom stereocenters. The molecule has 0 heterocycles. The predicted molar refractivity (Wildman–Crippen MR) is 7.61 cm³/mol. The van der Waals surface area contributed by atoms with E-state index in [1.54, 1.807) is 0 Å². The Hall–Kier alpha value is 1.72. The van der Waals surface area contributed by atoms with Gasteiger partial charge in [-0.15, -0.1) is 0 Å². The minimum Gasteiger partial charge on any atom is -0.822 e. The van der Waals surface area contributed by atoms with Crippen molar-refractivity contribution in [2.24, 2.45) is 0 Å². The minimum atomic E-state index is -5.39. The van der Waals surface area contributed by atoms with Gasteiger partial charge in [0, 0.05) is 17.1 Å². The molecule has 1 radical (unpaired) electrons. The van der Waals surface area contributed by atoms with E-state index in [-0.39, 0.29) is 52.4 Å². The Bertz CT molecular complexity index is 62.2. The van der Waals surface area contributed by atoms with Crippen LogP contribution in [0.3, 0.4) is 0 Å². The fourth-order valence-corrected chi connectivity index (χ4v) is 0. The molecule has 4 nitrogen and oxygen atoms in total. The van der Waals surface area contributed by atoms with Crippen molar-refractivity contribution in [3.05, 3.63) is 0 Å². The first-order valence-corrected chi connectivity index (χ1v) is 2.19. The van der Waals surface area contributed by atoms with Crippen molar-refractivity contribution in [1.29, 1.82) is 0 Å². The van der Waals surface area contributed by atoms with Gasteiger partial charge in [0.25, 0.3) is 0 Å². The van der Waals surface area contributed by atoms with Gasteiger partial charge in [0.15, 0.2) is 0 Å². The van der Waals surface area contributed by atoms with E-state index in [2.05, 4.69) is 0 Å². The molecule has 0 amide bonds. The first kappa shape index (κ1) is 22.6. The van der Waals surface area contributed by atoms with Crippen LogP contribution in [0.1, 0.15) is 0 Å². The molecular weight excluding hydrogens is 216 g/mol. The topological polar surface area (TPSA) is 86.2 Å². The molecule has 0 saturated carbocycles. The second-order valence-electron chi connectivity index (χ2n) is 0.447. The molecule has 0 bridgehead atoms. The molecule has 8 heteroatoms. The van der Waals surface area contributed by atoms with Crippen LogP contribution in [0, 0.1) is 0 Å². The molecule has 0 rings (SSSR count). The van der Waals surface area contributed by atoms with Gasteiger partial charge in [-0.2, -0.15) is 7.82 Å². The van der Waals surface area contributed by atoms with Crippen molar-refractivity contribution in [3.8, 4) is 0 Å². The predicted octanol–water partition coefficient (Wildman–Crippen LogP) is -5.83. The number of phosphoric acid groups is 1. The monoisotopic (exact) mass is 215 g/mol. The molecule has 0 aromatic carbocycles. The van der Waals surface area contributed by atoms with Crippen molar-refractivity contribution >= 4 is 7.82 Å². The van der Waals surface area contributed by atoms with Crippen LogP contribution >= 0.6 is 7.82 Å². The molecule has 0 unspecified atom stereocenters. The summed E-state index contributed by atoms with van der Waals surface area (Å²) < 4.78 is 8.55. The maximum absolute atomic E-state index is 8.55. The van der Waals surface area contributed by atoms with Crippen LogP contribution in [0.25, 0.3) is 0 Å². The smallest absolute Gasteiger partial charge is 0.822 e. The second-order valence-corrected chi connectivity index (χ2v) is 1.34. The summed E-state index contributed by atoms with van der Waals surface area (Å²) in [5, 5.41) is 0. The van der Waals surface area contributed by atoms with Crippen LogP contribution in [0.5, 0.6) is 0 Å². The number of hydrogen-bond acceptors (Lipinski definition) is 4. The van der Waals surface area contributed by atoms with Crippen LogP contribution in [-0.4, -0.2) is 0 Å². The third kappa shape index (κ3) is 118. The summed E-state index contributed by atoms with van der Waals surface area (Å²) in [4.78, 5) is 25.6. The standard InChI is InChI=1S/Li.Mn.Ni.H3O4P/c;;;1-5(2,3)4/h;;;(H3,1,2,3,4)/q+1;;+2;/p-3. The summed E-state index contributed by atoms with van der Waals surface area (Å²) in [6.07, 6.45) is 0. The third-order valence-electron chi connectivity index (χ3n) is 0. The van der Waals surface area contributed by atoms with E-state index in [1.807, 2.05) is 0 Å². The van der Waals surface area contributed by atoms with Gasteiger partial charge in [-0.05, 0) is 0 Å². The fraction of sp³-hybridized carbons (Fsp3) is 0. The van der Waals surface area contributed by atoms with E-state index in [0.29, 0.717) is 0 Å². The molecule has 47 valence electrons. The van der Waals surface area contributed by atoms with Gasteiger partial charge in [0.1, 0.15) is 0 Å². The zero-order valence-corrected chi connectivity index (χ0v) is 6.84. The largest absolute Gasteiger partial charge is 2.00 e. The Balaban J connectivity index is -0.0000000267. The SMILES string of the molecule is O=P([O-])([O-])[O-].[Li+].[Mn].[Ni+2]. The van der Waals surface area contributed by atoms with Gasteiger partial charge in [0.05, 0.1) is 0 Å². The van der Waals surface area contributed by atoms with Gasteiger partial charge >= 0.3 is 35.4 Å². The average molecular weight is 216 g/mol. The van der Waals surface area contributed by atoms with Crippen LogP contribution < -0.4 is 33.5 Å². The van der Waals surface area contributed by atoms with E-state index in [9.17, 15) is 0 Å². The van der Waals surface area contributed by atoms with E-state index < -0.39 is 7.82 Å². The first-order valence-electron chi connectivity index (χ1n) is 0.730. The van der Waals surface area contributed by atoms with Gasteiger partial charge in [0.2, 0.25) is 0 Å². The fourth-order valence-electron chi connectivity index (χ4n) is 0. The zero-order chi connectivity index (χ0) is 4.50. The Morgan fingerprint density at radius 2 is 1.12 bits per heavy atom. The van der Waals surface area contributed by atoms with Gasteiger partial charge in [-0.25, -0.2) is 0 Å². The number of hydrogen-bond donors (Lipinski definition) is 0. The first-order chi connectivity index (χ1) is 2.00. The van der Waals surface area contributed by atoms with Crippen LogP contribution in [0.4, 0.5) is 0 Å². The average Bonchev–Trinajstić information content (AvgIpc) is 0.722. The second kappa shape index (κ2) is 8.72. The summed E-state index contributed by atoms with van der Waals surface area (Å²) in [5.74, 6) is 0. The molecular formula is LiMnNiO4P. The minimum absolute atomic E-state index is 0. The molecule has 0 spiro atoms. The van der Waals surface area contributed by atoms with Crippen molar-refractivity contribution in [2.45, 2.75) is 0 Å². The van der Waals surface area contributed by atoms with E-state index >= 15 is 0 Å². The van der Waals surface area contributed by atoms with Gasteiger partial charge < -0.3 is 19.2 Å². The molecule has 0 aliphatic heterocycles. The summed E-state index contributed by atoms with van der Waals surface area (Å²) in [5.41, 5.74) is 0. The summed E-state index contributed by atoms with van der Waals surface area (Å²) in [7, 11) is -5.39. The van der Waals surface area contributed by atoms with Crippen LogP contribution in [0.2, 0.25) is 0 Å². The molecule has 0 N–H and O–H groups in total. The Kier molecular flexibility index (Phi) is 24.6. The third-order valence-corrected chi connectivity index (χ3v) is 0. The molecule has 8 heavy (non-hydrogen) atoms. The van der Waals surface area contributed by atoms with E-state index in [4.69, 9.17) is 19.2 Å². The molecule has 0 aliphatic carbocycles. The molecule has 0 aromatic heterocycles. The summed E-state index contributed by atoms with van der Waals surface area (Å²) >= 11 is 0. The van der Waals surface area contributed by atoms with Gasteiger partial charge in [-0.3, -0.25) is 0 Å². The van der Waals surface area contributed by atoms with E-state index in [0.717, 1.165) is 0 Å².